The smallest absolute Gasteiger partial charge is 0.311 e. The van der Waals surface area contributed by atoms with Gasteiger partial charge in [-0.2, -0.15) is 0 Å². The van der Waals surface area contributed by atoms with Crippen LogP contribution in [0.1, 0.15) is 24.8 Å². The van der Waals surface area contributed by atoms with Crippen molar-refractivity contribution in [3.63, 3.8) is 0 Å². The highest BCUT2D eigenvalue weighted by Crippen LogP contribution is 2.42. The topological polar surface area (TPSA) is 40.5 Å². The fourth-order valence-electron chi connectivity index (χ4n) is 2.86. The Kier molecular flexibility index (Phi) is 3.64. The monoisotopic (exact) mass is 267 g/mol. The number of nitrogens with zero attached hydrogens (tertiary/aromatic N) is 1. The van der Waals surface area contributed by atoms with E-state index in [1.165, 1.54) is 0 Å². The van der Waals surface area contributed by atoms with E-state index in [9.17, 15) is 9.90 Å². The Labute approximate surface area is 112 Å². The number of aliphatic carboxylic acids is 1. The van der Waals surface area contributed by atoms with Gasteiger partial charge in [-0.3, -0.25) is 4.79 Å². The molecule has 0 saturated carbocycles. The first-order chi connectivity index (χ1) is 8.43. The van der Waals surface area contributed by atoms with Crippen molar-refractivity contribution in [2.24, 2.45) is 5.41 Å². The molecule has 0 amide bonds. The molecule has 1 heterocycles. The molecule has 1 aromatic rings. The molecule has 2 rings (SSSR count). The molecule has 0 unspecified atom stereocenters. The van der Waals surface area contributed by atoms with Crippen molar-refractivity contribution < 1.29 is 9.90 Å². The molecule has 1 N–H and O–H groups in total. The largest absolute Gasteiger partial charge is 0.481 e. The average Bonchev–Trinajstić information content (AvgIpc) is 2.30. The third-order valence-electron chi connectivity index (χ3n) is 3.93. The van der Waals surface area contributed by atoms with E-state index in [0.717, 1.165) is 18.5 Å². The number of halogens is 1. The van der Waals surface area contributed by atoms with Crippen molar-refractivity contribution >= 4 is 17.6 Å². The van der Waals surface area contributed by atoms with E-state index in [1.807, 2.05) is 38.2 Å². The lowest BCUT2D eigenvalue weighted by Gasteiger charge is -2.42. The summed E-state index contributed by atoms with van der Waals surface area (Å²) in [5.41, 5.74) is 0.332. The highest BCUT2D eigenvalue weighted by Gasteiger charge is 2.45. The fourth-order valence-corrected chi connectivity index (χ4v) is 2.99. The molecule has 2 atom stereocenters. The van der Waals surface area contributed by atoms with Crippen molar-refractivity contribution in [2.45, 2.75) is 19.3 Å². The second-order valence-corrected chi connectivity index (χ2v) is 5.79. The molecule has 1 fully saturated rings. The SMILES string of the molecule is CN1CC[C@H](c2ccc(Cl)cc2)[C@@](C)(C(=O)O)C1. The molecule has 1 aromatic carbocycles. The summed E-state index contributed by atoms with van der Waals surface area (Å²) < 4.78 is 0. The third-order valence-corrected chi connectivity index (χ3v) is 4.18. The van der Waals surface area contributed by atoms with Crippen LogP contribution in [0.15, 0.2) is 24.3 Å². The van der Waals surface area contributed by atoms with Gasteiger partial charge in [0.2, 0.25) is 0 Å². The van der Waals surface area contributed by atoms with E-state index in [1.54, 1.807) is 0 Å². The number of hydrogen-bond donors (Lipinski definition) is 1. The van der Waals surface area contributed by atoms with Crippen LogP contribution in [0.4, 0.5) is 0 Å². The lowest BCUT2D eigenvalue weighted by Crippen LogP contribution is -2.49. The molecule has 1 aliphatic heterocycles. The van der Waals surface area contributed by atoms with Crippen LogP contribution < -0.4 is 0 Å². The Morgan fingerprint density at radius 1 is 1.44 bits per heavy atom. The van der Waals surface area contributed by atoms with Crippen LogP contribution in [0, 0.1) is 5.41 Å². The minimum Gasteiger partial charge on any atom is -0.481 e. The number of benzene rings is 1. The first-order valence-electron chi connectivity index (χ1n) is 6.11. The zero-order valence-electron chi connectivity index (χ0n) is 10.7. The molecule has 98 valence electrons. The second kappa shape index (κ2) is 4.90. The number of carboxylic acid groups (broad SMARTS) is 1. The zero-order valence-corrected chi connectivity index (χ0v) is 11.4. The van der Waals surface area contributed by atoms with E-state index in [-0.39, 0.29) is 5.92 Å². The Bertz CT molecular complexity index is 446. The van der Waals surface area contributed by atoms with Crippen LogP contribution in [0.5, 0.6) is 0 Å². The van der Waals surface area contributed by atoms with Crippen molar-refractivity contribution in [3.05, 3.63) is 34.9 Å². The van der Waals surface area contributed by atoms with Gasteiger partial charge >= 0.3 is 5.97 Å². The second-order valence-electron chi connectivity index (χ2n) is 5.35. The Hall–Kier alpha value is -1.06. The summed E-state index contributed by atoms with van der Waals surface area (Å²) in [6.45, 7) is 3.34. The molecule has 1 aliphatic rings. The summed E-state index contributed by atoms with van der Waals surface area (Å²) in [5, 5.41) is 10.2. The summed E-state index contributed by atoms with van der Waals surface area (Å²) in [4.78, 5) is 13.7. The van der Waals surface area contributed by atoms with Gasteiger partial charge in [-0.25, -0.2) is 0 Å². The Morgan fingerprint density at radius 2 is 2.06 bits per heavy atom. The maximum atomic E-state index is 11.6. The maximum Gasteiger partial charge on any atom is 0.311 e. The maximum absolute atomic E-state index is 11.6. The number of rotatable bonds is 2. The van der Waals surface area contributed by atoms with Crippen LogP contribution in [0.2, 0.25) is 5.02 Å². The molecule has 0 aliphatic carbocycles. The first-order valence-corrected chi connectivity index (χ1v) is 6.48. The molecule has 0 bridgehead atoms. The van der Waals surface area contributed by atoms with Crippen LogP contribution in [0.3, 0.4) is 0 Å². The highest BCUT2D eigenvalue weighted by atomic mass is 35.5. The molecule has 1 saturated heterocycles. The van der Waals surface area contributed by atoms with Gasteiger partial charge in [-0.15, -0.1) is 0 Å². The highest BCUT2D eigenvalue weighted by molar-refractivity contribution is 6.30. The predicted octanol–water partition coefficient (Wildman–Crippen LogP) is 2.85. The van der Waals surface area contributed by atoms with E-state index in [4.69, 9.17) is 11.6 Å². The lowest BCUT2D eigenvalue weighted by molar-refractivity contribution is -0.152. The van der Waals surface area contributed by atoms with E-state index in [2.05, 4.69) is 4.90 Å². The van der Waals surface area contributed by atoms with Gasteiger partial charge in [0.1, 0.15) is 0 Å². The predicted molar refractivity (Wildman–Crippen MR) is 72.0 cm³/mol. The molecule has 4 heteroatoms. The first kappa shape index (κ1) is 13.4. The van der Waals surface area contributed by atoms with Crippen LogP contribution in [0.25, 0.3) is 0 Å². The molecule has 0 spiro atoms. The van der Waals surface area contributed by atoms with Gasteiger partial charge in [0, 0.05) is 17.5 Å². The summed E-state index contributed by atoms with van der Waals surface area (Å²) >= 11 is 5.88. The van der Waals surface area contributed by atoms with Crippen molar-refractivity contribution in [1.82, 2.24) is 4.90 Å². The van der Waals surface area contributed by atoms with Gasteiger partial charge in [0.15, 0.2) is 0 Å². The standard InChI is InChI=1S/C14H18ClNO2/c1-14(13(17)18)9-16(2)8-7-12(14)10-3-5-11(15)6-4-10/h3-6,12H,7-9H2,1-2H3,(H,17,18)/t12-,14+/m1/s1. The van der Waals surface area contributed by atoms with E-state index >= 15 is 0 Å². The van der Waals surface area contributed by atoms with Crippen LogP contribution >= 0.6 is 11.6 Å². The van der Waals surface area contributed by atoms with E-state index in [0.29, 0.717) is 11.6 Å². The fraction of sp³-hybridized carbons (Fsp3) is 0.500. The normalized spacial score (nSPS) is 29.2. The Balaban J connectivity index is 2.35. The minimum absolute atomic E-state index is 0.0449. The number of piperidine rings is 1. The third kappa shape index (κ3) is 2.38. The van der Waals surface area contributed by atoms with Gasteiger partial charge in [-0.05, 0) is 44.6 Å². The van der Waals surface area contributed by atoms with Gasteiger partial charge < -0.3 is 10.0 Å². The molecular formula is C14H18ClNO2. The lowest BCUT2D eigenvalue weighted by atomic mass is 9.69. The molecule has 3 nitrogen and oxygen atoms in total. The number of carboxylic acids is 1. The Morgan fingerprint density at radius 3 is 2.61 bits per heavy atom. The molecule has 0 radical (unpaired) electrons. The summed E-state index contributed by atoms with van der Waals surface area (Å²) in [7, 11) is 1.97. The average molecular weight is 268 g/mol. The quantitative estimate of drug-likeness (QED) is 0.896. The minimum atomic E-state index is -0.735. The zero-order chi connectivity index (χ0) is 13.3. The molecule has 0 aromatic heterocycles. The van der Waals surface area contributed by atoms with Gasteiger partial charge in [0.05, 0.1) is 5.41 Å². The van der Waals surface area contributed by atoms with Crippen LogP contribution in [-0.4, -0.2) is 36.1 Å². The van der Waals surface area contributed by atoms with Crippen LogP contribution in [-0.2, 0) is 4.79 Å². The summed E-state index contributed by atoms with van der Waals surface area (Å²) in [6.07, 6.45) is 0.862. The van der Waals surface area contributed by atoms with Crippen molar-refractivity contribution in [2.75, 3.05) is 20.1 Å². The van der Waals surface area contributed by atoms with Gasteiger partial charge in [-0.1, -0.05) is 23.7 Å². The number of likely N-dealkylation sites (tertiary alicyclic amines) is 1. The number of hydrogen-bond acceptors (Lipinski definition) is 2. The van der Waals surface area contributed by atoms with Gasteiger partial charge in [0.25, 0.3) is 0 Å². The van der Waals surface area contributed by atoms with E-state index < -0.39 is 11.4 Å². The summed E-state index contributed by atoms with van der Waals surface area (Å²) in [5.74, 6) is -0.683. The molecular weight excluding hydrogens is 250 g/mol. The van der Waals surface area contributed by atoms with Crippen molar-refractivity contribution in [3.8, 4) is 0 Å². The number of carbonyl (C=O) groups is 1. The van der Waals surface area contributed by atoms with Crippen molar-refractivity contribution in [1.29, 1.82) is 0 Å². The molecule has 18 heavy (non-hydrogen) atoms. The summed E-state index contributed by atoms with van der Waals surface area (Å²) in [6, 6.07) is 7.55.